The molecule has 18 heavy (non-hydrogen) atoms. The largest absolute Gasteiger partial charge is 0.301 e. The number of hydrogen-bond acceptors (Lipinski definition) is 3. The number of thioether (sulfide) groups is 1. The van der Waals surface area contributed by atoms with E-state index in [1.54, 1.807) is 0 Å². The highest BCUT2D eigenvalue weighted by molar-refractivity contribution is 7.99. The van der Waals surface area contributed by atoms with Crippen LogP contribution in [0.25, 0.3) is 0 Å². The van der Waals surface area contributed by atoms with Gasteiger partial charge in [-0.3, -0.25) is 4.79 Å². The van der Waals surface area contributed by atoms with E-state index in [0.29, 0.717) is 11.7 Å². The van der Waals surface area contributed by atoms with E-state index in [0.717, 1.165) is 37.0 Å². The van der Waals surface area contributed by atoms with Gasteiger partial charge >= 0.3 is 0 Å². The Morgan fingerprint density at radius 2 is 2.28 bits per heavy atom. The van der Waals surface area contributed by atoms with E-state index < -0.39 is 0 Å². The van der Waals surface area contributed by atoms with E-state index in [1.807, 2.05) is 0 Å². The maximum Gasteiger partial charge on any atom is 0.137 e. The van der Waals surface area contributed by atoms with E-state index in [9.17, 15) is 4.79 Å². The van der Waals surface area contributed by atoms with Crippen LogP contribution in [0.4, 0.5) is 0 Å². The van der Waals surface area contributed by atoms with Crippen molar-refractivity contribution in [1.82, 2.24) is 4.90 Å². The van der Waals surface area contributed by atoms with Crippen molar-refractivity contribution in [2.45, 2.75) is 51.2 Å². The number of hydrogen-bond donors (Lipinski definition) is 0. The van der Waals surface area contributed by atoms with Gasteiger partial charge in [0.05, 0.1) is 0 Å². The summed E-state index contributed by atoms with van der Waals surface area (Å²) in [4.78, 5) is 14.6. The Kier molecular flexibility index (Phi) is 5.56. The Morgan fingerprint density at radius 1 is 1.44 bits per heavy atom. The number of ketones is 1. The van der Waals surface area contributed by atoms with Gasteiger partial charge < -0.3 is 4.90 Å². The number of rotatable bonds is 4. The quantitative estimate of drug-likeness (QED) is 0.781. The van der Waals surface area contributed by atoms with Crippen LogP contribution in [0.15, 0.2) is 0 Å². The van der Waals surface area contributed by atoms with Gasteiger partial charge in [0.1, 0.15) is 5.78 Å². The first-order chi connectivity index (χ1) is 8.69. The van der Waals surface area contributed by atoms with Crippen LogP contribution in [0.2, 0.25) is 0 Å². The lowest BCUT2D eigenvalue weighted by molar-refractivity contribution is -0.126. The molecule has 2 nitrogen and oxygen atoms in total. The molecule has 0 radical (unpaired) electrons. The second-order valence-electron chi connectivity index (χ2n) is 6.03. The van der Waals surface area contributed by atoms with Crippen molar-refractivity contribution in [2.24, 2.45) is 11.8 Å². The van der Waals surface area contributed by atoms with E-state index in [-0.39, 0.29) is 0 Å². The van der Waals surface area contributed by atoms with Crippen molar-refractivity contribution in [1.29, 1.82) is 0 Å². The Hall–Kier alpha value is -0.0200. The zero-order chi connectivity index (χ0) is 13.0. The molecule has 1 saturated heterocycles. The molecule has 0 aromatic carbocycles. The lowest BCUT2D eigenvalue weighted by Crippen LogP contribution is -2.42. The van der Waals surface area contributed by atoms with Crippen LogP contribution in [0.1, 0.15) is 46.0 Å². The molecule has 3 heteroatoms. The summed E-state index contributed by atoms with van der Waals surface area (Å²) in [6, 6.07) is 0. The van der Waals surface area contributed by atoms with Gasteiger partial charge in [-0.25, -0.2) is 0 Å². The first-order valence-electron chi connectivity index (χ1n) is 7.55. The predicted molar refractivity (Wildman–Crippen MR) is 79.1 cm³/mol. The minimum Gasteiger partial charge on any atom is -0.301 e. The first kappa shape index (κ1) is 14.4. The van der Waals surface area contributed by atoms with Gasteiger partial charge in [-0.1, -0.05) is 26.7 Å². The minimum atomic E-state index is 0.339. The molecule has 1 saturated carbocycles. The summed E-state index contributed by atoms with van der Waals surface area (Å²) >= 11 is 2.07. The molecule has 1 aliphatic heterocycles. The van der Waals surface area contributed by atoms with E-state index in [1.165, 1.54) is 31.7 Å². The van der Waals surface area contributed by atoms with Crippen LogP contribution >= 0.6 is 11.8 Å². The maximum atomic E-state index is 12.1. The summed E-state index contributed by atoms with van der Waals surface area (Å²) in [6.07, 6.45) is 5.73. The molecule has 1 aliphatic carbocycles. The van der Waals surface area contributed by atoms with Crippen molar-refractivity contribution in [3.05, 3.63) is 0 Å². The Bertz CT molecular complexity index is 282. The van der Waals surface area contributed by atoms with E-state index in [2.05, 4.69) is 30.5 Å². The highest BCUT2D eigenvalue weighted by Gasteiger charge is 2.30. The normalized spacial score (nSPS) is 34.8. The SMILES string of the molecule is CCCC1CCC(=O)C(CN2CCSC(C)C2)C1. The molecule has 0 amide bonds. The molecule has 0 N–H and O–H groups in total. The smallest absolute Gasteiger partial charge is 0.137 e. The molecule has 0 aromatic rings. The fraction of sp³-hybridized carbons (Fsp3) is 0.933. The highest BCUT2D eigenvalue weighted by atomic mass is 32.2. The number of carbonyl (C=O) groups is 1. The molecular weight excluding hydrogens is 242 g/mol. The van der Waals surface area contributed by atoms with Gasteiger partial charge in [0.25, 0.3) is 0 Å². The lowest BCUT2D eigenvalue weighted by Gasteiger charge is -2.35. The van der Waals surface area contributed by atoms with Crippen molar-refractivity contribution >= 4 is 17.5 Å². The third-order valence-electron chi connectivity index (χ3n) is 4.37. The maximum absolute atomic E-state index is 12.1. The summed E-state index contributed by atoms with van der Waals surface area (Å²) in [6.45, 7) is 7.95. The van der Waals surface area contributed by atoms with Gasteiger partial charge in [0.2, 0.25) is 0 Å². The van der Waals surface area contributed by atoms with Gasteiger partial charge in [-0.05, 0) is 18.8 Å². The second kappa shape index (κ2) is 6.95. The van der Waals surface area contributed by atoms with Gasteiger partial charge in [-0.2, -0.15) is 11.8 Å². The number of Topliss-reactive ketones (excluding diaryl/α,β-unsaturated/α-hetero) is 1. The van der Waals surface area contributed by atoms with E-state index >= 15 is 0 Å². The molecule has 0 spiro atoms. The average Bonchev–Trinajstić information content (AvgIpc) is 2.34. The number of nitrogens with zero attached hydrogens (tertiary/aromatic N) is 1. The lowest BCUT2D eigenvalue weighted by atomic mass is 9.78. The zero-order valence-electron chi connectivity index (χ0n) is 11.9. The number of carbonyl (C=O) groups excluding carboxylic acids is 1. The van der Waals surface area contributed by atoms with Crippen LogP contribution in [-0.2, 0) is 4.79 Å². The molecule has 3 atom stereocenters. The Balaban J connectivity index is 1.84. The van der Waals surface area contributed by atoms with Crippen LogP contribution < -0.4 is 0 Å². The molecule has 3 unspecified atom stereocenters. The molecule has 0 bridgehead atoms. The molecule has 2 fully saturated rings. The molecule has 1 heterocycles. The fourth-order valence-corrected chi connectivity index (χ4v) is 4.50. The first-order valence-corrected chi connectivity index (χ1v) is 8.60. The standard InChI is InChI=1S/C15H27NOS/c1-3-4-13-5-6-15(17)14(9-13)11-16-7-8-18-12(2)10-16/h12-14H,3-11H2,1-2H3. The molecule has 2 rings (SSSR count). The summed E-state index contributed by atoms with van der Waals surface area (Å²) in [5.74, 6) is 2.92. The van der Waals surface area contributed by atoms with Gasteiger partial charge in [0.15, 0.2) is 0 Å². The summed E-state index contributed by atoms with van der Waals surface area (Å²) < 4.78 is 0. The third-order valence-corrected chi connectivity index (χ3v) is 5.51. The van der Waals surface area contributed by atoms with Crippen LogP contribution in [0, 0.1) is 11.8 Å². The van der Waals surface area contributed by atoms with Crippen LogP contribution in [0.5, 0.6) is 0 Å². The van der Waals surface area contributed by atoms with Crippen molar-refractivity contribution in [3.63, 3.8) is 0 Å². The molecule has 0 aromatic heterocycles. The van der Waals surface area contributed by atoms with Crippen LogP contribution in [-0.4, -0.2) is 41.3 Å². The van der Waals surface area contributed by atoms with Gasteiger partial charge in [-0.15, -0.1) is 0 Å². The second-order valence-corrected chi connectivity index (χ2v) is 7.58. The van der Waals surface area contributed by atoms with Crippen molar-refractivity contribution in [2.75, 3.05) is 25.4 Å². The average molecular weight is 269 g/mol. The fourth-order valence-electron chi connectivity index (χ4n) is 3.42. The van der Waals surface area contributed by atoms with Crippen LogP contribution in [0.3, 0.4) is 0 Å². The minimum absolute atomic E-state index is 0.339. The Morgan fingerprint density at radius 3 is 3.00 bits per heavy atom. The summed E-state index contributed by atoms with van der Waals surface area (Å²) in [7, 11) is 0. The monoisotopic (exact) mass is 269 g/mol. The predicted octanol–water partition coefficient (Wildman–Crippen LogP) is 3.21. The molecule has 104 valence electrons. The van der Waals surface area contributed by atoms with Crippen molar-refractivity contribution < 1.29 is 4.79 Å². The molecular formula is C15H27NOS. The third kappa shape index (κ3) is 3.99. The Labute approximate surface area is 116 Å². The summed E-state index contributed by atoms with van der Waals surface area (Å²) in [5.41, 5.74) is 0. The van der Waals surface area contributed by atoms with Crippen molar-refractivity contribution in [3.8, 4) is 0 Å². The van der Waals surface area contributed by atoms with Gasteiger partial charge in [0, 0.05) is 43.0 Å². The summed E-state index contributed by atoms with van der Waals surface area (Å²) in [5, 5.41) is 0.740. The molecule has 2 aliphatic rings. The topological polar surface area (TPSA) is 20.3 Å². The highest BCUT2D eigenvalue weighted by Crippen LogP contribution is 2.31. The zero-order valence-corrected chi connectivity index (χ0v) is 12.7. The van der Waals surface area contributed by atoms with E-state index in [4.69, 9.17) is 0 Å².